The van der Waals surface area contributed by atoms with Gasteiger partial charge in [0, 0.05) is 18.0 Å². The van der Waals surface area contributed by atoms with Crippen LogP contribution in [0.3, 0.4) is 0 Å². The maximum absolute atomic E-state index is 11.7. The first-order valence-corrected chi connectivity index (χ1v) is 10.9. The number of hydrogen-bond acceptors (Lipinski definition) is 7. The highest BCUT2D eigenvalue weighted by molar-refractivity contribution is 6.31. The minimum atomic E-state index is -1.44. The van der Waals surface area contributed by atoms with Gasteiger partial charge >= 0.3 is 0 Å². The zero-order valence-corrected chi connectivity index (χ0v) is 18.0. The van der Waals surface area contributed by atoms with Crippen molar-refractivity contribution in [2.45, 2.75) is 49.5 Å². The highest BCUT2D eigenvalue weighted by atomic mass is 35.5. The van der Waals surface area contributed by atoms with Crippen LogP contribution in [-0.2, 0) is 16.0 Å². The van der Waals surface area contributed by atoms with E-state index in [0.717, 1.165) is 11.1 Å². The van der Waals surface area contributed by atoms with Crippen molar-refractivity contribution in [3.63, 3.8) is 0 Å². The highest BCUT2D eigenvalue weighted by Gasteiger charge is 2.44. The Kier molecular flexibility index (Phi) is 6.99. The summed E-state index contributed by atoms with van der Waals surface area (Å²) in [4.78, 5) is 11.7. The van der Waals surface area contributed by atoms with Gasteiger partial charge in [0.05, 0.1) is 6.61 Å². The molecule has 1 amide bonds. The van der Waals surface area contributed by atoms with Gasteiger partial charge < -0.3 is 35.2 Å². The first kappa shape index (κ1) is 23.0. The average molecular weight is 464 g/mol. The molecule has 2 heterocycles. The minimum absolute atomic E-state index is 0.106. The van der Waals surface area contributed by atoms with Gasteiger partial charge in [-0.2, -0.15) is 0 Å². The molecule has 2 aliphatic heterocycles. The third-order valence-corrected chi connectivity index (χ3v) is 6.25. The van der Waals surface area contributed by atoms with E-state index in [1.165, 1.54) is 0 Å². The van der Waals surface area contributed by atoms with Crippen molar-refractivity contribution in [3.8, 4) is 5.75 Å². The van der Waals surface area contributed by atoms with Crippen molar-refractivity contribution in [2.24, 2.45) is 0 Å². The number of benzene rings is 2. The van der Waals surface area contributed by atoms with Crippen molar-refractivity contribution >= 4 is 17.5 Å². The van der Waals surface area contributed by atoms with Gasteiger partial charge in [-0.05, 0) is 41.3 Å². The molecule has 2 aromatic carbocycles. The molecule has 4 rings (SSSR count). The van der Waals surface area contributed by atoms with E-state index in [2.05, 4.69) is 5.32 Å². The number of hydrogen-bond donors (Lipinski definition) is 5. The second kappa shape index (κ2) is 9.74. The van der Waals surface area contributed by atoms with Crippen LogP contribution in [0, 0.1) is 0 Å². The number of rotatable bonds is 6. The van der Waals surface area contributed by atoms with E-state index in [9.17, 15) is 25.2 Å². The lowest BCUT2D eigenvalue weighted by Gasteiger charge is -2.40. The fourth-order valence-electron chi connectivity index (χ4n) is 4.04. The number of ether oxygens (including phenoxy) is 2. The summed E-state index contributed by atoms with van der Waals surface area (Å²) >= 11 is 6.39. The third-order valence-electron chi connectivity index (χ3n) is 5.89. The molecule has 2 aromatic rings. The quantitative estimate of drug-likeness (QED) is 0.427. The second-order valence-corrected chi connectivity index (χ2v) is 8.51. The fourth-order valence-corrected chi connectivity index (χ4v) is 4.22. The van der Waals surface area contributed by atoms with Crippen LogP contribution in [0.1, 0.15) is 29.2 Å². The number of carbonyl (C=O) groups is 1. The first-order chi connectivity index (χ1) is 15.4. The molecule has 8 nitrogen and oxygen atoms in total. The lowest BCUT2D eigenvalue weighted by atomic mass is 9.90. The zero-order valence-electron chi connectivity index (χ0n) is 17.2. The standard InChI is InChI=1S/C23H26ClNO7/c24-16-6-3-13(22-21(29)20(28)19(27)18(11-26)32-22)10-14(16)9-12-1-4-15(5-2-12)31-17-7-8-25-23(17)30/h1-6,10,17-22,26-29H,7-9,11H2,(H,25,30)/t17?,18-,19-,20+,21-,22+/m1/s1. The van der Waals surface area contributed by atoms with Crippen LogP contribution in [-0.4, -0.2) is 70.0 Å². The van der Waals surface area contributed by atoms with Crippen LogP contribution in [0.25, 0.3) is 0 Å². The van der Waals surface area contributed by atoms with Crippen molar-refractivity contribution < 1.29 is 34.7 Å². The average Bonchev–Trinajstić information content (AvgIpc) is 3.19. The van der Waals surface area contributed by atoms with Crippen molar-refractivity contribution in [3.05, 3.63) is 64.2 Å². The van der Waals surface area contributed by atoms with Crippen molar-refractivity contribution in [1.29, 1.82) is 0 Å². The topological polar surface area (TPSA) is 128 Å². The molecule has 6 atom stereocenters. The molecule has 0 aliphatic carbocycles. The maximum atomic E-state index is 11.7. The second-order valence-electron chi connectivity index (χ2n) is 8.11. The largest absolute Gasteiger partial charge is 0.481 e. The molecule has 0 aromatic heterocycles. The Hall–Kier alpha value is -2.20. The van der Waals surface area contributed by atoms with Gasteiger partial charge in [-0.25, -0.2) is 0 Å². The summed E-state index contributed by atoms with van der Waals surface area (Å²) in [5.74, 6) is 0.503. The molecular formula is C23H26ClNO7. The van der Waals surface area contributed by atoms with E-state index in [4.69, 9.17) is 21.1 Å². The van der Waals surface area contributed by atoms with Crippen molar-refractivity contribution in [2.75, 3.05) is 13.2 Å². The molecular weight excluding hydrogens is 438 g/mol. The summed E-state index contributed by atoms with van der Waals surface area (Å²) in [6.07, 6.45) is -5.44. The number of halogens is 1. The van der Waals surface area contributed by atoms with Crippen LogP contribution < -0.4 is 10.1 Å². The molecule has 9 heteroatoms. The number of carbonyl (C=O) groups excluding carboxylic acids is 1. The van der Waals surface area contributed by atoms with Crippen LogP contribution in [0.15, 0.2) is 42.5 Å². The smallest absolute Gasteiger partial charge is 0.261 e. The Morgan fingerprint density at radius 1 is 1.06 bits per heavy atom. The molecule has 0 saturated carbocycles. The maximum Gasteiger partial charge on any atom is 0.261 e. The minimum Gasteiger partial charge on any atom is -0.481 e. The molecule has 0 spiro atoms. The molecule has 2 saturated heterocycles. The van der Waals surface area contributed by atoms with Crippen LogP contribution in [0.4, 0.5) is 0 Å². The lowest BCUT2D eigenvalue weighted by molar-refractivity contribution is -0.231. The van der Waals surface area contributed by atoms with E-state index in [0.29, 0.717) is 35.7 Å². The number of amides is 1. The van der Waals surface area contributed by atoms with Crippen LogP contribution in [0.5, 0.6) is 5.75 Å². The van der Waals surface area contributed by atoms with E-state index in [1.807, 2.05) is 12.1 Å². The molecule has 2 aliphatic rings. The Bertz CT molecular complexity index is 952. The van der Waals surface area contributed by atoms with Crippen LogP contribution in [0.2, 0.25) is 5.02 Å². The Morgan fingerprint density at radius 2 is 1.81 bits per heavy atom. The van der Waals surface area contributed by atoms with Gasteiger partial charge in [-0.15, -0.1) is 0 Å². The number of aliphatic hydroxyl groups excluding tert-OH is 4. The Balaban J connectivity index is 1.49. The normalized spacial score (nSPS) is 30.2. The van der Waals surface area contributed by atoms with E-state index < -0.39 is 43.2 Å². The zero-order chi connectivity index (χ0) is 22.8. The van der Waals surface area contributed by atoms with Gasteiger partial charge in [0.15, 0.2) is 6.10 Å². The van der Waals surface area contributed by atoms with Crippen molar-refractivity contribution in [1.82, 2.24) is 5.32 Å². The summed E-state index contributed by atoms with van der Waals surface area (Å²) < 4.78 is 11.4. The van der Waals surface area contributed by atoms with E-state index in [-0.39, 0.29) is 5.91 Å². The molecule has 0 radical (unpaired) electrons. The van der Waals surface area contributed by atoms with Gasteiger partial charge in [0.2, 0.25) is 0 Å². The molecule has 1 unspecified atom stereocenters. The van der Waals surface area contributed by atoms with Gasteiger partial charge in [-0.3, -0.25) is 4.79 Å². The molecule has 0 bridgehead atoms. The summed E-state index contributed by atoms with van der Waals surface area (Å²) in [5.41, 5.74) is 2.32. The SMILES string of the molecule is O=C1NCCC1Oc1ccc(Cc2cc([C@@H]3O[C@H](CO)[C@@H](O)[C@H](O)[C@H]3O)ccc2Cl)cc1. The lowest BCUT2D eigenvalue weighted by Crippen LogP contribution is -2.55. The number of aliphatic hydroxyl groups is 4. The third kappa shape index (κ3) is 4.76. The Labute approximate surface area is 190 Å². The molecule has 5 N–H and O–H groups in total. The predicted octanol–water partition coefficient (Wildman–Crippen LogP) is 0.713. The van der Waals surface area contributed by atoms with E-state index in [1.54, 1.807) is 30.3 Å². The monoisotopic (exact) mass is 463 g/mol. The highest BCUT2D eigenvalue weighted by Crippen LogP contribution is 2.34. The summed E-state index contributed by atoms with van der Waals surface area (Å²) in [6, 6.07) is 12.5. The molecule has 32 heavy (non-hydrogen) atoms. The van der Waals surface area contributed by atoms with Gasteiger partial charge in [0.25, 0.3) is 5.91 Å². The van der Waals surface area contributed by atoms with Gasteiger partial charge in [0.1, 0.15) is 36.3 Å². The van der Waals surface area contributed by atoms with Crippen LogP contribution >= 0.6 is 11.6 Å². The first-order valence-electron chi connectivity index (χ1n) is 10.5. The number of nitrogens with one attached hydrogen (secondary N) is 1. The summed E-state index contributed by atoms with van der Waals surface area (Å²) in [6.45, 7) is 0.129. The summed E-state index contributed by atoms with van der Waals surface area (Å²) in [7, 11) is 0. The van der Waals surface area contributed by atoms with E-state index >= 15 is 0 Å². The molecule has 172 valence electrons. The summed E-state index contributed by atoms with van der Waals surface area (Å²) in [5, 5.41) is 43.2. The van der Waals surface area contributed by atoms with Gasteiger partial charge in [-0.1, -0.05) is 35.9 Å². The fraction of sp³-hybridized carbons (Fsp3) is 0.435. The molecule has 2 fully saturated rings. The predicted molar refractivity (Wildman–Crippen MR) is 115 cm³/mol. The Morgan fingerprint density at radius 3 is 2.47 bits per heavy atom.